The molecule has 24 heavy (non-hydrogen) atoms. The fourth-order valence-electron chi connectivity index (χ4n) is 2.41. The summed E-state index contributed by atoms with van der Waals surface area (Å²) >= 11 is 0. The second-order valence-electron chi connectivity index (χ2n) is 5.58. The summed E-state index contributed by atoms with van der Waals surface area (Å²) in [5.41, 5.74) is 3.22. The summed E-state index contributed by atoms with van der Waals surface area (Å²) in [7, 11) is 0. The van der Waals surface area contributed by atoms with Crippen LogP contribution < -0.4 is 4.74 Å². The molecule has 2 heterocycles. The topological polar surface area (TPSA) is 65.0 Å². The Hall–Kier alpha value is -3.08. The van der Waals surface area contributed by atoms with Gasteiger partial charge in [0.25, 0.3) is 0 Å². The van der Waals surface area contributed by atoms with Crippen LogP contribution in [0.15, 0.2) is 55.1 Å². The number of Topliss-reactive ketones (excluding diaryl/α,β-unsaturated/α-hetero) is 1. The lowest BCUT2D eigenvalue weighted by Gasteiger charge is -2.09. The Balaban J connectivity index is 1.81. The first-order valence-corrected chi connectivity index (χ1v) is 7.60. The van der Waals surface area contributed by atoms with Crippen molar-refractivity contribution in [3.8, 4) is 11.5 Å². The van der Waals surface area contributed by atoms with Gasteiger partial charge in [0.2, 0.25) is 0 Å². The Morgan fingerprint density at radius 1 is 1.04 bits per heavy atom. The predicted molar refractivity (Wildman–Crippen MR) is 90.3 cm³/mol. The number of aromatic nitrogens is 3. The van der Waals surface area contributed by atoms with Crippen LogP contribution in [0.3, 0.4) is 0 Å². The molecular formula is C19H17N3O2. The number of rotatable bonds is 5. The van der Waals surface area contributed by atoms with E-state index in [1.54, 1.807) is 18.5 Å². The molecule has 0 radical (unpaired) electrons. The van der Waals surface area contributed by atoms with E-state index in [9.17, 15) is 4.79 Å². The van der Waals surface area contributed by atoms with Gasteiger partial charge in [0.1, 0.15) is 12.1 Å². The number of benzene rings is 1. The highest BCUT2D eigenvalue weighted by molar-refractivity contribution is 5.97. The number of ketones is 1. The third-order valence-electron chi connectivity index (χ3n) is 3.43. The molecular weight excluding hydrogens is 302 g/mol. The van der Waals surface area contributed by atoms with E-state index in [0.717, 1.165) is 17.0 Å². The number of hydrogen-bond donors (Lipinski definition) is 0. The molecule has 0 atom stereocenters. The Kier molecular flexibility index (Phi) is 4.61. The zero-order chi connectivity index (χ0) is 16.9. The minimum absolute atomic E-state index is 0.00552. The third-order valence-corrected chi connectivity index (χ3v) is 3.43. The quantitative estimate of drug-likeness (QED) is 0.671. The van der Waals surface area contributed by atoms with Gasteiger partial charge in [-0.1, -0.05) is 6.07 Å². The lowest BCUT2D eigenvalue weighted by atomic mass is 10.0. The number of carbonyl (C=O) groups excluding carboxylic acids is 1. The second-order valence-corrected chi connectivity index (χ2v) is 5.58. The molecule has 3 rings (SSSR count). The van der Waals surface area contributed by atoms with Crippen molar-refractivity contribution in [3.05, 3.63) is 77.6 Å². The van der Waals surface area contributed by atoms with Crippen LogP contribution in [0, 0.1) is 13.8 Å². The summed E-state index contributed by atoms with van der Waals surface area (Å²) < 4.78 is 5.73. The Morgan fingerprint density at radius 2 is 1.83 bits per heavy atom. The second kappa shape index (κ2) is 7.00. The lowest BCUT2D eigenvalue weighted by Crippen LogP contribution is -2.06. The standard InChI is InChI=1S/C19H17N3O2/c1-13-6-15(19(23)9-16-5-3-4-14(2)22-16)8-17(7-13)24-18-10-20-12-21-11-18/h3-8,10-12H,9H2,1-2H3. The molecule has 0 aliphatic rings. The molecule has 0 bridgehead atoms. The molecule has 5 heteroatoms. The van der Waals surface area contributed by atoms with E-state index >= 15 is 0 Å². The first-order valence-electron chi connectivity index (χ1n) is 7.60. The number of aryl methyl sites for hydroxylation is 2. The molecule has 5 nitrogen and oxygen atoms in total. The molecule has 0 aliphatic carbocycles. The smallest absolute Gasteiger partial charge is 0.168 e. The van der Waals surface area contributed by atoms with Crippen LogP contribution in [0.25, 0.3) is 0 Å². The molecule has 0 amide bonds. The van der Waals surface area contributed by atoms with Gasteiger partial charge in [-0.15, -0.1) is 0 Å². The van der Waals surface area contributed by atoms with Gasteiger partial charge in [0.05, 0.1) is 18.8 Å². The zero-order valence-corrected chi connectivity index (χ0v) is 13.6. The first kappa shape index (κ1) is 15.8. The minimum Gasteiger partial charge on any atom is -0.454 e. The molecule has 120 valence electrons. The molecule has 2 aromatic heterocycles. The summed E-state index contributed by atoms with van der Waals surface area (Å²) in [5.74, 6) is 1.12. The summed E-state index contributed by atoms with van der Waals surface area (Å²) in [6, 6.07) is 11.1. The Morgan fingerprint density at radius 3 is 2.58 bits per heavy atom. The maximum atomic E-state index is 12.6. The van der Waals surface area contributed by atoms with Crippen molar-refractivity contribution in [1.29, 1.82) is 0 Å². The van der Waals surface area contributed by atoms with Crippen molar-refractivity contribution in [1.82, 2.24) is 15.0 Å². The van der Waals surface area contributed by atoms with E-state index in [4.69, 9.17) is 4.74 Å². The van der Waals surface area contributed by atoms with Crippen LogP contribution in [0.5, 0.6) is 11.5 Å². The maximum Gasteiger partial charge on any atom is 0.168 e. The molecule has 0 saturated heterocycles. The zero-order valence-electron chi connectivity index (χ0n) is 13.6. The summed E-state index contributed by atoms with van der Waals surface area (Å²) in [6.07, 6.45) is 4.85. The van der Waals surface area contributed by atoms with Gasteiger partial charge < -0.3 is 4.74 Å². The van der Waals surface area contributed by atoms with Crippen molar-refractivity contribution < 1.29 is 9.53 Å². The highest BCUT2D eigenvalue weighted by Gasteiger charge is 2.11. The van der Waals surface area contributed by atoms with Crippen LogP contribution in [0.2, 0.25) is 0 Å². The molecule has 0 N–H and O–H groups in total. The Labute approximate surface area is 140 Å². The van der Waals surface area contributed by atoms with E-state index in [-0.39, 0.29) is 12.2 Å². The van der Waals surface area contributed by atoms with Crippen LogP contribution >= 0.6 is 0 Å². The van der Waals surface area contributed by atoms with Crippen molar-refractivity contribution >= 4 is 5.78 Å². The van der Waals surface area contributed by atoms with Crippen LogP contribution in [0.1, 0.15) is 27.3 Å². The fraction of sp³-hybridized carbons (Fsp3) is 0.158. The maximum absolute atomic E-state index is 12.6. The van der Waals surface area contributed by atoms with E-state index in [1.807, 2.05) is 44.2 Å². The van der Waals surface area contributed by atoms with Crippen molar-refractivity contribution in [2.24, 2.45) is 0 Å². The summed E-state index contributed by atoms with van der Waals surface area (Å²) in [4.78, 5) is 24.8. The van der Waals surface area contributed by atoms with Gasteiger partial charge >= 0.3 is 0 Å². The number of carbonyl (C=O) groups is 1. The first-order chi connectivity index (χ1) is 11.6. The van der Waals surface area contributed by atoms with Crippen LogP contribution in [-0.4, -0.2) is 20.7 Å². The fourth-order valence-corrected chi connectivity index (χ4v) is 2.41. The van der Waals surface area contributed by atoms with Crippen molar-refractivity contribution in [2.75, 3.05) is 0 Å². The molecule has 0 unspecified atom stereocenters. The lowest BCUT2D eigenvalue weighted by molar-refractivity contribution is 0.0991. The number of hydrogen-bond acceptors (Lipinski definition) is 5. The van der Waals surface area contributed by atoms with Gasteiger partial charge in [-0.2, -0.15) is 0 Å². The van der Waals surface area contributed by atoms with Gasteiger partial charge in [0, 0.05) is 17.0 Å². The molecule has 0 saturated carbocycles. The highest BCUT2D eigenvalue weighted by atomic mass is 16.5. The van der Waals surface area contributed by atoms with E-state index in [0.29, 0.717) is 17.1 Å². The highest BCUT2D eigenvalue weighted by Crippen LogP contribution is 2.23. The SMILES string of the molecule is Cc1cc(Oc2cncnc2)cc(C(=O)Cc2cccc(C)n2)c1. The average molecular weight is 319 g/mol. The molecule has 0 fully saturated rings. The van der Waals surface area contributed by atoms with E-state index in [2.05, 4.69) is 15.0 Å². The number of pyridine rings is 1. The Bertz CT molecular complexity index is 863. The average Bonchev–Trinajstić information content (AvgIpc) is 2.55. The number of nitrogens with zero attached hydrogens (tertiary/aromatic N) is 3. The largest absolute Gasteiger partial charge is 0.454 e. The predicted octanol–water partition coefficient (Wildman–Crippen LogP) is 3.71. The molecule has 0 aliphatic heterocycles. The molecule has 1 aromatic carbocycles. The van der Waals surface area contributed by atoms with E-state index in [1.165, 1.54) is 6.33 Å². The van der Waals surface area contributed by atoms with Crippen molar-refractivity contribution in [2.45, 2.75) is 20.3 Å². The van der Waals surface area contributed by atoms with Crippen LogP contribution in [-0.2, 0) is 6.42 Å². The third kappa shape index (κ3) is 4.01. The minimum atomic E-state index is 0.00552. The van der Waals surface area contributed by atoms with Gasteiger partial charge in [0.15, 0.2) is 11.5 Å². The van der Waals surface area contributed by atoms with Gasteiger partial charge in [-0.3, -0.25) is 9.78 Å². The van der Waals surface area contributed by atoms with Crippen molar-refractivity contribution in [3.63, 3.8) is 0 Å². The van der Waals surface area contributed by atoms with Gasteiger partial charge in [-0.25, -0.2) is 9.97 Å². The summed E-state index contributed by atoms with van der Waals surface area (Å²) in [5, 5.41) is 0. The van der Waals surface area contributed by atoms with Gasteiger partial charge in [-0.05, 0) is 49.7 Å². The molecule has 3 aromatic rings. The monoisotopic (exact) mass is 319 g/mol. The van der Waals surface area contributed by atoms with Crippen LogP contribution in [0.4, 0.5) is 0 Å². The molecule has 0 spiro atoms. The number of ether oxygens (including phenoxy) is 1. The normalized spacial score (nSPS) is 10.4. The van der Waals surface area contributed by atoms with E-state index < -0.39 is 0 Å². The summed E-state index contributed by atoms with van der Waals surface area (Å²) in [6.45, 7) is 3.84.